The van der Waals surface area contributed by atoms with Crippen LogP contribution in [0.5, 0.6) is 0 Å². The van der Waals surface area contributed by atoms with Crippen LogP contribution in [0.15, 0.2) is 22.6 Å². The van der Waals surface area contributed by atoms with Crippen molar-refractivity contribution >= 4 is 17.1 Å². The Hall–Kier alpha value is -1.88. The third-order valence-electron chi connectivity index (χ3n) is 3.30. The number of rotatable bonds is 2. The van der Waals surface area contributed by atoms with Gasteiger partial charge in [0.15, 0.2) is 5.58 Å². The van der Waals surface area contributed by atoms with E-state index in [9.17, 15) is 4.79 Å². The number of aromatic nitrogens is 1. The number of carboxylic acid groups (broad SMARTS) is 1. The molecule has 5 nitrogen and oxygen atoms in total. The zero-order chi connectivity index (χ0) is 12.7. The van der Waals surface area contributed by atoms with Gasteiger partial charge < -0.3 is 14.3 Å². The van der Waals surface area contributed by atoms with E-state index in [1.54, 1.807) is 12.1 Å². The maximum Gasteiger partial charge on any atom is 0.338 e. The van der Waals surface area contributed by atoms with Gasteiger partial charge in [0.25, 0.3) is 0 Å². The minimum atomic E-state index is -0.999. The Kier molecular flexibility index (Phi) is 2.56. The minimum absolute atomic E-state index is 0.160. The van der Waals surface area contributed by atoms with Crippen molar-refractivity contribution in [1.29, 1.82) is 0 Å². The molecule has 18 heavy (non-hydrogen) atoms. The molecule has 0 saturated carbocycles. The molecule has 0 bridgehead atoms. The van der Waals surface area contributed by atoms with Crippen molar-refractivity contribution in [1.82, 2.24) is 4.98 Å². The Labute approximate surface area is 103 Å². The van der Waals surface area contributed by atoms with Gasteiger partial charge in [0.2, 0.25) is 5.89 Å². The molecule has 3 rings (SSSR count). The number of carboxylic acids is 1. The third kappa shape index (κ3) is 1.67. The Morgan fingerprint density at radius 3 is 3.00 bits per heavy atom. The molecule has 1 fully saturated rings. The van der Waals surface area contributed by atoms with E-state index < -0.39 is 5.97 Å². The molecule has 0 spiro atoms. The topological polar surface area (TPSA) is 72.6 Å². The zero-order valence-electron chi connectivity index (χ0n) is 9.92. The fourth-order valence-electron chi connectivity index (χ4n) is 2.27. The molecule has 1 aliphatic rings. The molecule has 0 radical (unpaired) electrons. The molecule has 5 heteroatoms. The zero-order valence-corrected chi connectivity index (χ0v) is 9.92. The number of hydrogen-bond acceptors (Lipinski definition) is 4. The highest BCUT2D eigenvalue weighted by Crippen LogP contribution is 2.35. The fraction of sp³-hybridized carbons (Fsp3) is 0.385. The van der Waals surface area contributed by atoms with Crippen LogP contribution < -0.4 is 0 Å². The van der Waals surface area contributed by atoms with E-state index in [2.05, 4.69) is 11.9 Å². The molecule has 0 aliphatic carbocycles. The predicted molar refractivity (Wildman–Crippen MR) is 63.4 cm³/mol. The average molecular weight is 247 g/mol. The van der Waals surface area contributed by atoms with E-state index in [0.29, 0.717) is 29.5 Å². The summed E-state index contributed by atoms with van der Waals surface area (Å²) in [7, 11) is 0. The van der Waals surface area contributed by atoms with Gasteiger partial charge in [-0.05, 0) is 24.5 Å². The summed E-state index contributed by atoms with van der Waals surface area (Å²) >= 11 is 0. The molecular formula is C13H13NO4. The molecular weight excluding hydrogens is 234 g/mol. The molecule has 2 aromatic rings. The number of fused-ring (bicyclic) bond motifs is 1. The van der Waals surface area contributed by atoms with Crippen LogP contribution in [-0.2, 0) is 4.74 Å². The number of ether oxygens (including phenoxy) is 1. The molecule has 1 aromatic heterocycles. The van der Waals surface area contributed by atoms with Gasteiger partial charge in [-0.15, -0.1) is 0 Å². The lowest BCUT2D eigenvalue weighted by atomic mass is 10.0. The molecule has 2 atom stereocenters. The smallest absolute Gasteiger partial charge is 0.338 e. The highest BCUT2D eigenvalue weighted by atomic mass is 16.5. The first-order valence-electron chi connectivity index (χ1n) is 5.91. The van der Waals surface area contributed by atoms with E-state index in [4.69, 9.17) is 14.3 Å². The van der Waals surface area contributed by atoms with E-state index in [1.807, 2.05) is 0 Å². The van der Waals surface area contributed by atoms with Crippen LogP contribution in [0.25, 0.3) is 11.1 Å². The maximum absolute atomic E-state index is 11.1. The van der Waals surface area contributed by atoms with Crippen molar-refractivity contribution in [2.24, 2.45) is 5.92 Å². The summed E-state index contributed by atoms with van der Waals surface area (Å²) in [6.07, 6.45) is 0.800. The standard InChI is InChI=1S/C13H13NO4/c1-7-5-6-17-11(7)12-14-10-8(13(15)16)3-2-4-9(10)18-12/h2-4,7,11H,5-6H2,1H3,(H,15,16). The minimum Gasteiger partial charge on any atom is -0.478 e. The maximum atomic E-state index is 11.1. The Balaban J connectivity index is 2.11. The van der Waals surface area contributed by atoms with Crippen LogP contribution in [0, 0.1) is 5.92 Å². The van der Waals surface area contributed by atoms with E-state index in [1.165, 1.54) is 6.07 Å². The third-order valence-corrected chi connectivity index (χ3v) is 3.30. The number of carbonyl (C=O) groups is 1. The predicted octanol–water partition coefficient (Wildman–Crippen LogP) is 2.62. The van der Waals surface area contributed by atoms with Crippen LogP contribution in [0.1, 0.15) is 35.7 Å². The number of hydrogen-bond donors (Lipinski definition) is 1. The number of benzene rings is 1. The van der Waals surface area contributed by atoms with Crippen molar-refractivity contribution in [3.63, 3.8) is 0 Å². The Bertz CT molecular complexity index is 604. The van der Waals surface area contributed by atoms with Gasteiger partial charge in [-0.1, -0.05) is 13.0 Å². The number of oxazole rings is 1. The van der Waals surface area contributed by atoms with Crippen molar-refractivity contribution in [2.45, 2.75) is 19.4 Å². The summed E-state index contributed by atoms with van der Waals surface area (Å²) in [5.41, 5.74) is 1.04. The van der Waals surface area contributed by atoms with Crippen molar-refractivity contribution in [2.75, 3.05) is 6.61 Å². The van der Waals surface area contributed by atoms with Crippen LogP contribution in [0.4, 0.5) is 0 Å². The summed E-state index contributed by atoms with van der Waals surface area (Å²) < 4.78 is 11.2. The van der Waals surface area contributed by atoms with Gasteiger partial charge in [-0.3, -0.25) is 0 Å². The van der Waals surface area contributed by atoms with Gasteiger partial charge >= 0.3 is 5.97 Å². The van der Waals surface area contributed by atoms with E-state index in [0.717, 1.165) is 6.42 Å². The molecule has 1 N–H and O–H groups in total. The number of nitrogens with zero attached hydrogens (tertiary/aromatic N) is 1. The van der Waals surface area contributed by atoms with Gasteiger partial charge in [-0.2, -0.15) is 0 Å². The van der Waals surface area contributed by atoms with Gasteiger partial charge in [0.05, 0.1) is 5.56 Å². The summed E-state index contributed by atoms with van der Waals surface area (Å²) in [5.74, 6) is -0.184. The quantitative estimate of drug-likeness (QED) is 0.883. The summed E-state index contributed by atoms with van der Waals surface area (Å²) in [4.78, 5) is 15.4. The van der Waals surface area contributed by atoms with E-state index in [-0.39, 0.29) is 11.7 Å². The van der Waals surface area contributed by atoms with Crippen molar-refractivity contribution in [3.8, 4) is 0 Å². The molecule has 0 amide bonds. The lowest BCUT2D eigenvalue weighted by Crippen LogP contribution is -2.04. The largest absolute Gasteiger partial charge is 0.478 e. The molecule has 2 heterocycles. The lowest BCUT2D eigenvalue weighted by molar-refractivity contribution is 0.0698. The molecule has 1 aromatic carbocycles. The molecule has 1 saturated heterocycles. The van der Waals surface area contributed by atoms with E-state index >= 15 is 0 Å². The average Bonchev–Trinajstić information content (AvgIpc) is 2.92. The van der Waals surface area contributed by atoms with Crippen molar-refractivity contribution in [3.05, 3.63) is 29.7 Å². The summed E-state index contributed by atoms with van der Waals surface area (Å²) in [5, 5.41) is 9.10. The summed E-state index contributed by atoms with van der Waals surface area (Å²) in [6, 6.07) is 4.90. The first kappa shape index (κ1) is 11.2. The van der Waals surface area contributed by atoms with Crippen LogP contribution >= 0.6 is 0 Å². The molecule has 1 aliphatic heterocycles. The van der Waals surface area contributed by atoms with Crippen LogP contribution in [-0.4, -0.2) is 22.7 Å². The van der Waals surface area contributed by atoms with Crippen molar-refractivity contribution < 1.29 is 19.1 Å². The summed E-state index contributed by atoms with van der Waals surface area (Å²) in [6.45, 7) is 2.76. The van der Waals surface area contributed by atoms with Gasteiger partial charge in [0.1, 0.15) is 11.6 Å². The van der Waals surface area contributed by atoms with Crippen LogP contribution in [0.3, 0.4) is 0 Å². The highest BCUT2D eigenvalue weighted by molar-refractivity contribution is 6.00. The lowest BCUT2D eigenvalue weighted by Gasteiger charge is -2.08. The van der Waals surface area contributed by atoms with Gasteiger partial charge in [-0.25, -0.2) is 9.78 Å². The Morgan fingerprint density at radius 1 is 1.50 bits per heavy atom. The highest BCUT2D eigenvalue weighted by Gasteiger charge is 2.30. The fourth-order valence-corrected chi connectivity index (χ4v) is 2.27. The second-order valence-corrected chi connectivity index (χ2v) is 4.57. The van der Waals surface area contributed by atoms with Crippen LogP contribution in [0.2, 0.25) is 0 Å². The first-order valence-corrected chi connectivity index (χ1v) is 5.91. The molecule has 94 valence electrons. The monoisotopic (exact) mass is 247 g/mol. The molecule has 2 unspecified atom stereocenters. The first-order chi connectivity index (χ1) is 8.66. The number of aromatic carboxylic acids is 1. The SMILES string of the molecule is CC1CCOC1c1nc2c(C(=O)O)cccc2o1. The normalized spacial score (nSPS) is 23.6. The Morgan fingerprint density at radius 2 is 2.33 bits per heavy atom. The number of para-hydroxylation sites is 1. The second-order valence-electron chi connectivity index (χ2n) is 4.57. The van der Waals surface area contributed by atoms with Gasteiger partial charge in [0, 0.05) is 6.61 Å². The second kappa shape index (κ2) is 4.10.